The Morgan fingerprint density at radius 2 is 1.75 bits per heavy atom. The molecule has 0 unspecified atom stereocenters. The molecule has 0 atom stereocenters. The van der Waals surface area contributed by atoms with Crippen LogP contribution in [0, 0.1) is 13.8 Å². The summed E-state index contributed by atoms with van der Waals surface area (Å²) in [6.07, 6.45) is 0. The minimum atomic E-state index is 0.763. The zero-order valence-corrected chi connectivity index (χ0v) is 9.49. The number of benzene rings is 1. The summed E-state index contributed by atoms with van der Waals surface area (Å²) in [5, 5.41) is 3.25. The number of anilines is 3. The number of nitrogens with zero attached hydrogens (tertiary/aromatic N) is 1. The van der Waals surface area contributed by atoms with Crippen LogP contribution in [0.3, 0.4) is 0 Å². The summed E-state index contributed by atoms with van der Waals surface area (Å²) >= 11 is 0. The summed E-state index contributed by atoms with van der Waals surface area (Å²) in [6, 6.07) is 11.7. The number of aromatic nitrogens is 1. The molecule has 0 radical (unpaired) electrons. The van der Waals surface area contributed by atoms with Crippen LogP contribution in [0.2, 0.25) is 0 Å². The Hall–Kier alpha value is -2.03. The lowest BCUT2D eigenvalue weighted by Crippen LogP contribution is -1.96. The lowest BCUT2D eigenvalue weighted by atomic mass is 10.2. The van der Waals surface area contributed by atoms with Crippen LogP contribution in [0.4, 0.5) is 17.2 Å². The predicted octanol–water partition coefficient (Wildman–Crippen LogP) is 3.02. The quantitative estimate of drug-likeness (QED) is 0.754. The topological polar surface area (TPSA) is 50.9 Å². The smallest absolute Gasteiger partial charge is 0.130 e. The Morgan fingerprint density at radius 1 is 1.06 bits per heavy atom. The first-order chi connectivity index (χ1) is 7.63. The molecular formula is C13H15N3. The monoisotopic (exact) mass is 213 g/mol. The van der Waals surface area contributed by atoms with Gasteiger partial charge in [0.25, 0.3) is 0 Å². The van der Waals surface area contributed by atoms with Crippen molar-refractivity contribution >= 4 is 17.2 Å². The van der Waals surface area contributed by atoms with Gasteiger partial charge in [-0.05, 0) is 55.8 Å². The summed E-state index contributed by atoms with van der Waals surface area (Å²) in [5.41, 5.74) is 9.59. The number of hydrogen-bond acceptors (Lipinski definition) is 3. The van der Waals surface area contributed by atoms with Gasteiger partial charge in [-0.25, -0.2) is 4.98 Å². The molecule has 0 amide bonds. The van der Waals surface area contributed by atoms with Crippen LogP contribution in [-0.2, 0) is 0 Å². The molecule has 1 heterocycles. The summed E-state index contributed by atoms with van der Waals surface area (Å²) < 4.78 is 0. The van der Waals surface area contributed by atoms with E-state index in [1.807, 2.05) is 43.3 Å². The third-order valence-corrected chi connectivity index (χ3v) is 2.28. The van der Waals surface area contributed by atoms with Gasteiger partial charge in [-0.2, -0.15) is 0 Å². The molecule has 16 heavy (non-hydrogen) atoms. The van der Waals surface area contributed by atoms with Crippen molar-refractivity contribution in [2.45, 2.75) is 13.8 Å². The van der Waals surface area contributed by atoms with Gasteiger partial charge < -0.3 is 11.1 Å². The first-order valence-electron chi connectivity index (χ1n) is 5.21. The number of aryl methyl sites for hydroxylation is 2. The van der Waals surface area contributed by atoms with Crippen LogP contribution in [0.5, 0.6) is 0 Å². The molecule has 3 N–H and O–H groups in total. The second-order valence-corrected chi connectivity index (χ2v) is 3.92. The summed E-state index contributed by atoms with van der Waals surface area (Å²) in [6.45, 7) is 4.05. The Balaban J connectivity index is 2.23. The molecule has 0 aliphatic rings. The number of nitrogens with two attached hydrogens (primary N) is 1. The fourth-order valence-corrected chi connectivity index (χ4v) is 1.62. The molecule has 0 aliphatic heterocycles. The van der Waals surface area contributed by atoms with Crippen LogP contribution in [-0.4, -0.2) is 4.98 Å². The van der Waals surface area contributed by atoms with Crippen LogP contribution in [0.25, 0.3) is 0 Å². The fourth-order valence-electron chi connectivity index (χ4n) is 1.62. The van der Waals surface area contributed by atoms with E-state index >= 15 is 0 Å². The van der Waals surface area contributed by atoms with Crippen molar-refractivity contribution in [3.63, 3.8) is 0 Å². The highest BCUT2D eigenvalue weighted by atomic mass is 15.0. The van der Waals surface area contributed by atoms with E-state index in [0.29, 0.717) is 0 Å². The lowest BCUT2D eigenvalue weighted by Gasteiger charge is -2.07. The SMILES string of the molecule is Cc1cc(C)nc(Nc2ccc(N)cc2)c1. The van der Waals surface area contributed by atoms with Crippen molar-refractivity contribution in [2.75, 3.05) is 11.1 Å². The molecule has 0 aliphatic carbocycles. The van der Waals surface area contributed by atoms with Gasteiger partial charge in [0.2, 0.25) is 0 Å². The van der Waals surface area contributed by atoms with Gasteiger partial charge in [0.15, 0.2) is 0 Å². The molecule has 82 valence electrons. The summed E-state index contributed by atoms with van der Waals surface area (Å²) in [4.78, 5) is 4.41. The minimum absolute atomic E-state index is 0.763. The predicted molar refractivity (Wildman–Crippen MR) is 67.8 cm³/mol. The van der Waals surface area contributed by atoms with Gasteiger partial charge in [0, 0.05) is 17.1 Å². The molecule has 1 aromatic carbocycles. The molecule has 2 aromatic rings. The van der Waals surface area contributed by atoms with E-state index in [2.05, 4.69) is 17.2 Å². The number of nitrogen functional groups attached to an aromatic ring is 1. The molecule has 2 rings (SSSR count). The van der Waals surface area contributed by atoms with E-state index in [1.165, 1.54) is 5.56 Å². The van der Waals surface area contributed by atoms with Gasteiger partial charge in [0.1, 0.15) is 5.82 Å². The third-order valence-electron chi connectivity index (χ3n) is 2.28. The maximum absolute atomic E-state index is 5.62. The van der Waals surface area contributed by atoms with E-state index in [-0.39, 0.29) is 0 Å². The highest BCUT2D eigenvalue weighted by Crippen LogP contribution is 2.17. The average molecular weight is 213 g/mol. The number of rotatable bonds is 2. The highest BCUT2D eigenvalue weighted by molar-refractivity contribution is 5.59. The Bertz CT molecular complexity index is 469. The zero-order valence-electron chi connectivity index (χ0n) is 9.49. The Kier molecular flexibility index (Phi) is 2.77. The average Bonchev–Trinajstić information content (AvgIpc) is 2.20. The van der Waals surface area contributed by atoms with Crippen LogP contribution < -0.4 is 11.1 Å². The van der Waals surface area contributed by atoms with Crippen LogP contribution in [0.15, 0.2) is 36.4 Å². The molecule has 0 fully saturated rings. The molecule has 0 spiro atoms. The van der Waals surface area contributed by atoms with Crippen molar-refractivity contribution in [3.05, 3.63) is 47.7 Å². The van der Waals surface area contributed by atoms with Crippen molar-refractivity contribution in [3.8, 4) is 0 Å². The molecule has 0 saturated heterocycles. The maximum Gasteiger partial charge on any atom is 0.130 e. The van der Waals surface area contributed by atoms with E-state index in [4.69, 9.17) is 5.73 Å². The first kappa shape index (κ1) is 10.5. The van der Waals surface area contributed by atoms with Gasteiger partial charge in [0.05, 0.1) is 0 Å². The van der Waals surface area contributed by atoms with Gasteiger partial charge in [-0.3, -0.25) is 0 Å². The number of nitrogens with one attached hydrogen (secondary N) is 1. The number of pyridine rings is 1. The van der Waals surface area contributed by atoms with E-state index < -0.39 is 0 Å². The van der Waals surface area contributed by atoms with Gasteiger partial charge >= 0.3 is 0 Å². The van der Waals surface area contributed by atoms with Crippen LogP contribution >= 0.6 is 0 Å². The van der Waals surface area contributed by atoms with E-state index in [1.54, 1.807) is 0 Å². The van der Waals surface area contributed by atoms with Gasteiger partial charge in [-0.15, -0.1) is 0 Å². The highest BCUT2D eigenvalue weighted by Gasteiger charge is 1.98. The standard InChI is InChI=1S/C13H15N3/c1-9-7-10(2)15-13(8-9)16-12-5-3-11(14)4-6-12/h3-8H,14H2,1-2H3,(H,15,16). The zero-order chi connectivity index (χ0) is 11.5. The summed E-state index contributed by atoms with van der Waals surface area (Å²) in [7, 11) is 0. The molecule has 1 aromatic heterocycles. The molecule has 3 nitrogen and oxygen atoms in total. The van der Waals surface area contributed by atoms with Crippen molar-refractivity contribution in [1.29, 1.82) is 0 Å². The lowest BCUT2D eigenvalue weighted by molar-refractivity contribution is 1.18. The Morgan fingerprint density at radius 3 is 2.38 bits per heavy atom. The maximum atomic E-state index is 5.62. The van der Waals surface area contributed by atoms with Crippen molar-refractivity contribution < 1.29 is 0 Å². The molecule has 3 heteroatoms. The van der Waals surface area contributed by atoms with Gasteiger partial charge in [-0.1, -0.05) is 0 Å². The molecule has 0 bridgehead atoms. The van der Waals surface area contributed by atoms with E-state index in [0.717, 1.165) is 22.9 Å². The number of hydrogen-bond donors (Lipinski definition) is 2. The second kappa shape index (κ2) is 4.23. The fraction of sp³-hybridized carbons (Fsp3) is 0.154. The van der Waals surface area contributed by atoms with Crippen molar-refractivity contribution in [2.24, 2.45) is 0 Å². The second-order valence-electron chi connectivity index (χ2n) is 3.92. The molecular weight excluding hydrogens is 198 g/mol. The normalized spacial score (nSPS) is 10.1. The van der Waals surface area contributed by atoms with Crippen LogP contribution in [0.1, 0.15) is 11.3 Å². The molecule has 0 saturated carbocycles. The minimum Gasteiger partial charge on any atom is -0.399 e. The first-order valence-corrected chi connectivity index (χ1v) is 5.21. The van der Waals surface area contributed by atoms with Crippen molar-refractivity contribution in [1.82, 2.24) is 4.98 Å². The Labute approximate surface area is 95.3 Å². The summed E-state index contributed by atoms with van der Waals surface area (Å²) in [5.74, 6) is 0.863. The largest absolute Gasteiger partial charge is 0.399 e. The third kappa shape index (κ3) is 2.51. The van der Waals surface area contributed by atoms with E-state index in [9.17, 15) is 0 Å².